The van der Waals surface area contributed by atoms with Gasteiger partial charge in [-0.05, 0) is 51.3 Å². The quantitative estimate of drug-likeness (QED) is 0.587. The largest absolute Gasteiger partial charge is 0.444 e. The fourth-order valence-corrected chi connectivity index (χ4v) is 3.48. The zero-order chi connectivity index (χ0) is 20.0. The highest BCUT2D eigenvalue weighted by Gasteiger charge is 2.34. The van der Waals surface area contributed by atoms with E-state index in [1.165, 1.54) is 12.1 Å². The SMILES string of the molecule is CCNC(=NCc1nc(C)c(C)o1)NCC1(c2ccc(F)cc2)CCOCC1. The van der Waals surface area contributed by atoms with Crippen LogP contribution in [-0.2, 0) is 16.7 Å². The van der Waals surface area contributed by atoms with Crippen LogP contribution in [0.5, 0.6) is 0 Å². The number of halogens is 1. The summed E-state index contributed by atoms with van der Waals surface area (Å²) >= 11 is 0. The maximum Gasteiger partial charge on any atom is 0.216 e. The highest BCUT2D eigenvalue weighted by molar-refractivity contribution is 5.79. The Morgan fingerprint density at radius 3 is 2.50 bits per heavy atom. The van der Waals surface area contributed by atoms with Crippen molar-refractivity contribution in [2.24, 2.45) is 4.99 Å². The molecule has 28 heavy (non-hydrogen) atoms. The van der Waals surface area contributed by atoms with Crippen molar-refractivity contribution in [3.63, 3.8) is 0 Å². The lowest BCUT2D eigenvalue weighted by Crippen LogP contribution is -2.48. The minimum absolute atomic E-state index is 0.113. The van der Waals surface area contributed by atoms with Gasteiger partial charge >= 0.3 is 0 Å². The standard InChI is InChI=1S/C21H29FN4O2/c1-4-23-20(24-13-19-26-15(2)16(3)28-19)25-14-21(9-11-27-12-10-21)17-5-7-18(22)8-6-17/h5-8H,4,9-14H2,1-3H3,(H2,23,24,25). The van der Waals surface area contributed by atoms with Gasteiger partial charge in [-0.2, -0.15) is 0 Å². The molecule has 1 aliphatic rings. The van der Waals surface area contributed by atoms with Crippen LogP contribution in [0, 0.1) is 19.7 Å². The second-order valence-corrected chi connectivity index (χ2v) is 7.20. The van der Waals surface area contributed by atoms with Crippen LogP contribution in [-0.4, -0.2) is 37.2 Å². The van der Waals surface area contributed by atoms with E-state index in [4.69, 9.17) is 9.15 Å². The zero-order valence-corrected chi connectivity index (χ0v) is 16.8. The number of aromatic nitrogens is 1. The summed E-state index contributed by atoms with van der Waals surface area (Å²) < 4.78 is 24.6. The number of benzene rings is 1. The van der Waals surface area contributed by atoms with Crippen LogP contribution in [0.3, 0.4) is 0 Å². The maximum absolute atomic E-state index is 13.4. The molecule has 1 aromatic carbocycles. The molecule has 152 valence electrons. The average Bonchev–Trinajstić information content (AvgIpc) is 3.03. The molecule has 0 amide bonds. The second-order valence-electron chi connectivity index (χ2n) is 7.20. The van der Waals surface area contributed by atoms with Gasteiger partial charge in [0.05, 0.1) is 5.69 Å². The Kier molecular flexibility index (Phi) is 6.67. The fourth-order valence-electron chi connectivity index (χ4n) is 3.48. The molecule has 0 atom stereocenters. The van der Waals surface area contributed by atoms with Crippen LogP contribution < -0.4 is 10.6 Å². The summed E-state index contributed by atoms with van der Waals surface area (Å²) in [5.41, 5.74) is 1.90. The van der Waals surface area contributed by atoms with E-state index in [9.17, 15) is 4.39 Å². The van der Waals surface area contributed by atoms with Crippen LogP contribution in [0.1, 0.15) is 42.7 Å². The Labute approximate surface area is 165 Å². The van der Waals surface area contributed by atoms with Crippen molar-refractivity contribution in [3.05, 3.63) is 53.0 Å². The molecule has 6 nitrogen and oxygen atoms in total. The van der Waals surface area contributed by atoms with Gasteiger partial charge in [-0.25, -0.2) is 14.4 Å². The number of aliphatic imine (C=N–C) groups is 1. The molecule has 0 spiro atoms. The Morgan fingerprint density at radius 1 is 1.18 bits per heavy atom. The molecule has 2 heterocycles. The number of hydrogen-bond donors (Lipinski definition) is 2. The van der Waals surface area contributed by atoms with Gasteiger partial charge < -0.3 is 19.8 Å². The fraction of sp³-hybridized carbons (Fsp3) is 0.524. The maximum atomic E-state index is 13.4. The second kappa shape index (κ2) is 9.19. The first-order valence-electron chi connectivity index (χ1n) is 9.81. The Bertz CT molecular complexity index is 776. The Morgan fingerprint density at radius 2 is 1.89 bits per heavy atom. The monoisotopic (exact) mass is 388 g/mol. The van der Waals surface area contributed by atoms with E-state index in [2.05, 4.69) is 20.6 Å². The van der Waals surface area contributed by atoms with Crippen LogP contribution in [0.25, 0.3) is 0 Å². The molecular formula is C21H29FN4O2. The van der Waals surface area contributed by atoms with Crippen molar-refractivity contribution in [1.82, 2.24) is 15.6 Å². The topological polar surface area (TPSA) is 71.7 Å². The molecule has 2 aromatic rings. The average molecular weight is 388 g/mol. The molecule has 1 aliphatic heterocycles. The third-order valence-electron chi connectivity index (χ3n) is 5.29. The van der Waals surface area contributed by atoms with Gasteiger partial charge in [0, 0.05) is 31.7 Å². The molecule has 0 saturated carbocycles. The molecule has 7 heteroatoms. The third kappa shape index (κ3) is 4.90. The third-order valence-corrected chi connectivity index (χ3v) is 5.29. The molecule has 0 aliphatic carbocycles. The molecule has 2 N–H and O–H groups in total. The van der Waals surface area contributed by atoms with Gasteiger partial charge in [-0.1, -0.05) is 12.1 Å². The lowest BCUT2D eigenvalue weighted by atomic mass is 9.74. The number of nitrogens with zero attached hydrogens (tertiary/aromatic N) is 2. The number of nitrogens with one attached hydrogen (secondary N) is 2. The minimum Gasteiger partial charge on any atom is -0.444 e. The number of guanidine groups is 1. The number of aryl methyl sites for hydroxylation is 2. The van der Waals surface area contributed by atoms with Gasteiger partial charge in [0.1, 0.15) is 18.1 Å². The van der Waals surface area contributed by atoms with Crippen molar-refractivity contribution < 1.29 is 13.5 Å². The Balaban J connectivity index is 1.73. The van der Waals surface area contributed by atoms with Crippen molar-refractivity contribution in [2.75, 3.05) is 26.3 Å². The van der Waals surface area contributed by atoms with Crippen molar-refractivity contribution >= 4 is 5.96 Å². The van der Waals surface area contributed by atoms with E-state index in [0.29, 0.717) is 38.2 Å². The van der Waals surface area contributed by atoms with Crippen LogP contribution in [0.4, 0.5) is 4.39 Å². The predicted octanol–water partition coefficient (Wildman–Crippen LogP) is 3.23. The van der Waals surface area contributed by atoms with E-state index in [0.717, 1.165) is 36.4 Å². The summed E-state index contributed by atoms with van der Waals surface area (Å²) in [6.45, 7) is 9.06. The molecule has 0 radical (unpaired) electrons. The molecule has 1 saturated heterocycles. The van der Waals surface area contributed by atoms with Crippen molar-refractivity contribution in [1.29, 1.82) is 0 Å². The summed E-state index contributed by atoms with van der Waals surface area (Å²) in [6, 6.07) is 6.81. The number of ether oxygens (including phenoxy) is 1. The van der Waals surface area contributed by atoms with Crippen LogP contribution in [0.15, 0.2) is 33.7 Å². The lowest BCUT2D eigenvalue weighted by Gasteiger charge is -2.38. The van der Waals surface area contributed by atoms with Crippen molar-refractivity contribution in [3.8, 4) is 0 Å². The molecule has 3 rings (SSSR count). The zero-order valence-electron chi connectivity index (χ0n) is 16.8. The summed E-state index contributed by atoms with van der Waals surface area (Å²) in [5.74, 6) is 1.92. The van der Waals surface area contributed by atoms with E-state index in [1.807, 2.05) is 32.9 Å². The van der Waals surface area contributed by atoms with Crippen LogP contribution in [0.2, 0.25) is 0 Å². The first kappa shape index (κ1) is 20.3. The summed E-state index contributed by atoms with van der Waals surface area (Å²) in [5, 5.41) is 6.73. The summed E-state index contributed by atoms with van der Waals surface area (Å²) in [6.07, 6.45) is 1.76. The molecule has 1 fully saturated rings. The molecular weight excluding hydrogens is 359 g/mol. The number of rotatable bonds is 6. The normalized spacial score (nSPS) is 16.8. The summed E-state index contributed by atoms with van der Waals surface area (Å²) in [4.78, 5) is 8.99. The van der Waals surface area contributed by atoms with Crippen LogP contribution >= 0.6 is 0 Å². The summed E-state index contributed by atoms with van der Waals surface area (Å²) in [7, 11) is 0. The molecule has 0 bridgehead atoms. The minimum atomic E-state index is -0.217. The van der Waals surface area contributed by atoms with Gasteiger partial charge in [0.15, 0.2) is 5.96 Å². The van der Waals surface area contributed by atoms with Gasteiger partial charge in [0.25, 0.3) is 0 Å². The van der Waals surface area contributed by atoms with E-state index < -0.39 is 0 Å². The van der Waals surface area contributed by atoms with Gasteiger partial charge in [-0.3, -0.25) is 0 Å². The highest BCUT2D eigenvalue weighted by atomic mass is 19.1. The molecule has 1 aromatic heterocycles. The lowest BCUT2D eigenvalue weighted by molar-refractivity contribution is 0.0513. The van der Waals surface area contributed by atoms with Gasteiger partial charge in [0.2, 0.25) is 5.89 Å². The predicted molar refractivity (Wildman–Crippen MR) is 107 cm³/mol. The Hall–Kier alpha value is -2.41. The highest BCUT2D eigenvalue weighted by Crippen LogP contribution is 2.34. The van der Waals surface area contributed by atoms with E-state index in [-0.39, 0.29) is 11.2 Å². The number of oxazole rings is 1. The van der Waals surface area contributed by atoms with E-state index >= 15 is 0 Å². The molecule has 0 unspecified atom stereocenters. The first-order valence-corrected chi connectivity index (χ1v) is 9.81. The van der Waals surface area contributed by atoms with E-state index in [1.54, 1.807) is 0 Å². The van der Waals surface area contributed by atoms with Crippen molar-refractivity contribution in [2.45, 2.75) is 45.6 Å². The smallest absolute Gasteiger partial charge is 0.216 e. The number of hydrogen-bond acceptors (Lipinski definition) is 4. The van der Waals surface area contributed by atoms with Gasteiger partial charge in [-0.15, -0.1) is 0 Å². The first-order chi connectivity index (χ1) is 13.5.